The summed E-state index contributed by atoms with van der Waals surface area (Å²) in [5, 5.41) is 11.0. The van der Waals surface area contributed by atoms with Crippen LogP contribution < -0.4 is 24.2 Å². The molecule has 0 aliphatic carbocycles. The quantitative estimate of drug-likeness (QED) is 0.0390. The fourth-order valence-corrected chi connectivity index (χ4v) is 4.71. The van der Waals surface area contributed by atoms with Crippen LogP contribution in [0.3, 0.4) is 0 Å². The van der Waals surface area contributed by atoms with E-state index in [1.54, 1.807) is 0 Å². The van der Waals surface area contributed by atoms with E-state index in [-0.39, 0.29) is 31.4 Å². The summed E-state index contributed by atoms with van der Waals surface area (Å²) < 4.78 is 5.19. The predicted octanol–water partition coefficient (Wildman–Crippen LogP) is 8.68. The summed E-state index contributed by atoms with van der Waals surface area (Å²) in [4.78, 5) is 11.3. The van der Waals surface area contributed by atoms with Crippen LogP contribution in [0.15, 0.2) is 12.3 Å². The predicted molar refractivity (Wildman–Crippen MR) is 187 cm³/mol. The zero-order valence-electron chi connectivity index (χ0n) is 30.0. The van der Waals surface area contributed by atoms with Crippen molar-refractivity contribution < 1.29 is 33.5 Å². The van der Waals surface area contributed by atoms with Gasteiger partial charge in [-0.15, -0.1) is 0 Å². The van der Waals surface area contributed by atoms with E-state index in [2.05, 4.69) is 53.4 Å². The minimum absolute atomic E-state index is 0. The number of aliphatic hydroxyl groups is 1. The molecule has 0 aromatic heterocycles. The Morgan fingerprint density at radius 2 is 1.07 bits per heavy atom. The molecule has 0 bridgehead atoms. The van der Waals surface area contributed by atoms with Gasteiger partial charge in [0.25, 0.3) is 0 Å². The van der Waals surface area contributed by atoms with Crippen LogP contribution in [0.4, 0.5) is 0 Å². The number of esters is 1. The first-order valence-electron chi connectivity index (χ1n) is 18.0. The third-order valence-electron chi connectivity index (χ3n) is 7.31. The van der Waals surface area contributed by atoms with E-state index in [1.807, 2.05) is 0 Å². The van der Waals surface area contributed by atoms with Crippen LogP contribution >= 0.6 is 0 Å². The average Bonchev–Trinajstić information content (AvgIpc) is 2.96. The van der Waals surface area contributed by atoms with Crippen LogP contribution in [-0.4, -0.2) is 30.3 Å². The molecule has 2 N–H and O–H groups in total. The summed E-state index contributed by atoms with van der Waals surface area (Å²) in [6, 6.07) is 0.586. The topological polar surface area (TPSA) is 58.6 Å². The van der Waals surface area contributed by atoms with Gasteiger partial charge in [-0.05, 0) is 32.6 Å². The maximum absolute atomic E-state index is 11.3. The van der Waals surface area contributed by atoms with Gasteiger partial charge in [-0.3, -0.25) is 4.79 Å². The van der Waals surface area contributed by atoms with Crippen LogP contribution in [0.25, 0.3) is 0 Å². The summed E-state index contributed by atoms with van der Waals surface area (Å²) in [5.74, 6) is -0.0342. The van der Waals surface area contributed by atoms with Crippen LogP contribution in [-0.2, 0) is 9.53 Å². The molecule has 0 aromatic rings. The SMILES string of the molecule is C=C(CCCC[CH2-])NC(C)CCCCCCCCCC.[CH2-]CCCCC(=O)OCCCCCCCCCCC.[CH2-]CO.[Li+]. The van der Waals surface area contributed by atoms with E-state index in [1.165, 1.54) is 128 Å². The third kappa shape index (κ3) is 51.4. The van der Waals surface area contributed by atoms with Crippen LogP contribution in [0.2, 0.25) is 0 Å². The Labute approximate surface area is 283 Å². The van der Waals surface area contributed by atoms with Gasteiger partial charge in [0.2, 0.25) is 0 Å². The van der Waals surface area contributed by atoms with Gasteiger partial charge >= 0.3 is 24.8 Å². The molecule has 0 saturated carbocycles. The van der Waals surface area contributed by atoms with Crippen molar-refractivity contribution in [3.05, 3.63) is 33.0 Å². The second-order valence-electron chi connectivity index (χ2n) is 11.8. The van der Waals surface area contributed by atoms with E-state index >= 15 is 0 Å². The molecule has 0 rings (SSSR count). The molecule has 0 aliphatic heterocycles. The molecule has 0 spiro atoms. The molecule has 0 saturated heterocycles. The molecule has 4 nitrogen and oxygen atoms in total. The van der Waals surface area contributed by atoms with Gasteiger partial charge in [0.15, 0.2) is 0 Å². The Bertz CT molecular complexity index is 515. The molecule has 5 heteroatoms. The van der Waals surface area contributed by atoms with E-state index in [0.717, 1.165) is 38.5 Å². The Morgan fingerprint density at radius 1 is 0.674 bits per heavy atom. The minimum atomic E-state index is -0.0342. The van der Waals surface area contributed by atoms with Crippen molar-refractivity contribution in [2.75, 3.05) is 13.2 Å². The molecule has 254 valence electrons. The van der Waals surface area contributed by atoms with Crippen molar-refractivity contribution in [3.8, 4) is 0 Å². The molecular weight excluding hydrogens is 525 g/mol. The van der Waals surface area contributed by atoms with Gasteiger partial charge in [-0.25, -0.2) is 0 Å². The largest absolute Gasteiger partial charge is 1.00 e. The number of unbranched alkanes of at least 4 members (excludes halogenated alkanes) is 19. The first kappa shape index (κ1) is 49.4. The fourth-order valence-electron chi connectivity index (χ4n) is 4.71. The van der Waals surface area contributed by atoms with Gasteiger partial charge in [0, 0.05) is 18.2 Å². The minimum Gasteiger partial charge on any atom is -0.466 e. The van der Waals surface area contributed by atoms with Crippen molar-refractivity contribution in [2.45, 2.75) is 194 Å². The van der Waals surface area contributed by atoms with Crippen molar-refractivity contribution in [1.82, 2.24) is 5.32 Å². The van der Waals surface area contributed by atoms with Crippen molar-refractivity contribution in [1.29, 1.82) is 0 Å². The summed E-state index contributed by atoms with van der Waals surface area (Å²) >= 11 is 0. The Kier molecular flexibility index (Phi) is 52.9. The zero-order chi connectivity index (χ0) is 31.9. The van der Waals surface area contributed by atoms with E-state index in [0.29, 0.717) is 19.1 Å². The second kappa shape index (κ2) is 46.0. The van der Waals surface area contributed by atoms with Crippen molar-refractivity contribution in [3.63, 3.8) is 0 Å². The van der Waals surface area contributed by atoms with Gasteiger partial charge < -0.3 is 35.9 Å². The Morgan fingerprint density at radius 3 is 1.51 bits per heavy atom. The summed E-state index contributed by atoms with van der Waals surface area (Å²) in [6.07, 6.45) is 32.2. The molecule has 0 heterocycles. The monoisotopic (exact) mass is 602 g/mol. The molecule has 0 aromatic carbocycles. The number of allylic oxidation sites excluding steroid dienone is 1. The second-order valence-corrected chi connectivity index (χ2v) is 11.8. The van der Waals surface area contributed by atoms with E-state index in [4.69, 9.17) is 9.84 Å². The van der Waals surface area contributed by atoms with Crippen LogP contribution in [0.1, 0.15) is 188 Å². The number of nitrogens with one attached hydrogen (secondary N) is 1. The van der Waals surface area contributed by atoms with Gasteiger partial charge in [-0.2, -0.15) is 12.8 Å². The molecule has 0 radical (unpaired) electrons. The molecule has 0 aliphatic rings. The molecular formula is C38H76LiNO3-2. The number of carbonyl (C=O) groups excluding carboxylic acids is 1. The fraction of sp³-hybridized carbons (Fsp3) is 0.842. The first-order chi connectivity index (χ1) is 20.4. The van der Waals surface area contributed by atoms with Gasteiger partial charge in [0.05, 0.1) is 6.61 Å². The van der Waals surface area contributed by atoms with Crippen molar-refractivity contribution >= 4 is 5.97 Å². The smallest absolute Gasteiger partial charge is 0.466 e. The number of carbonyl (C=O) groups is 1. The van der Waals surface area contributed by atoms with Crippen LogP contribution in [0.5, 0.6) is 0 Å². The average molecular weight is 602 g/mol. The summed E-state index contributed by atoms with van der Waals surface area (Å²) in [5.41, 5.74) is 1.21. The molecule has 0 fully saturated rings. The zero-order valence-corrected chi connectivity index (χ0v) is 30.0. The molecule has 1 atom stereocenters. The number of ether oxygens (including phenoxy) is 1. The van der Waals surface area contributed by atoms with E-state index in [9.17, 15) is 4.79 Å². The summed E-state index contributed by atoms with van der Waals surface area (Å²) in [6.45, 7) is 22.2. The summed E-state index contributed by atoms with van der Waals surface area (Å²) in [7, 11) is 0. The van der Waals surface area contributed by atoms with E-state index < -0.39 is 0 Å². The van der Waals surface area contributed by atoms with Gasteiger partial charge in [0.1, 0.15) is 0 Å². The normalized spacial score (nSPS) is 10.9. The Balaban J connectivity index is -0.000000317. The molecule has 1 unspecified atom stereocenters. The molecule has 43 heavy (non-hydrogen) atoms. The standard InChI is InChI=1S/C19H38N.C17H33O2.C2H5O.Li/c1-5-7-9-10-11-12-13-15-17-19(4)20-18(3)16-14-8-6-2;1-3-5-7-8-9-10-11-12-14-16-19-17(18)15-13-6-4-2;1-2-3;/h19-20H,2-3,5-17H2,1,4H3;2-16H2,1H3;3H,1-2H2;/q3*-1;+1. The maximum Gasteiger partial charge on any atom is 1.00 e. The maximum atomic E-state index is 11.3. The number of aliphatic hydroxyl groups excluding tert-OH is 1. The number of hydrogen-bond donors (Lipinski definition) is 2. The number of rotatable bonds is 29. The third-order valence-corrected chi connectivity index (χ3v) is 7.31. The first-order valence-corrected chi connectivity index (χ1v) is 18.0. The molecule has 0 amide bonds. The Hall–Kier alpha value is -0.433. The van der Waals surface area contributed by atoms with Crippen molar-refractivity contribution in [2.24, 2.45) is 0 Å². The van der Waals surface area contributed by atoms with Crippen LogP contribution in [0, 0.1) is 20.8 Å². The van der Waals surface area contributed by atoms with Gasteiger partial charge in [-0.1, -0.05) is 149 Å². The number of hydrogen-bond acceptors (Lipinski definition) is 4.